The van der Waals surface area contributed by atoms with Gasteiger partial charge in [-0.25, -0.2) is 15.0 Å². The quantitative estimate of drug-likeness (QED) is 0.185. The van der Waals surface area contributed by atoms with Gasteiger partial charge in [0, 0.05) is 53.0 Å². The Bertz CT molecular complexity index is 3150. The fraction of sp³-hybridized carbons (Fsp3) is 0.0426. The summed E-state index contributed by atoms with van der Waals surface area (Å²) in [5.74, 6) is 1.91. The van der Waals surface area contributed by atoms with Gasteiger partial charge < -0.3 is 4.42 Å². The summed E-state index contributed by atoms with van der Waals surface area (Å²) >= 11 is 1.83. The zero-order valence-corrected chi connectivity index (χ0v) is 28.8. The van der Waals surface area contributed by atoms with E-state index < -0.39 is 0 Å². The SMILES string of the molecule is C1=CCCC(c2cc(-c3nc(-c4ccc5ccccc5c4)nc(-c4cccc5oc6c7ccccc7ccc6c45)n3)c3c(c2)sc2ccccc23)=C1. The van der Waals surface area contributed by atoms with Crippen LogP contribution in [-0.2, 0) is 0 Å². The van der Waals surface area contributed by atoms with Crippen molar-refractivity contribution in [2.45, 2.75) is 12.8 Å². The third-order valence-electron chi connectivity index (χ3n) is 10.4. The van der Waals surface area contributed by atoms with Gasteiger partial charge in [0.15, 0.2) is 17.5 Å². The Balaban J connectivity index is 1.23. The molecule has 1 aliphatic rings. The van der Waals surface area contributed by atoms with Crippen LogP contribution in [0.5, 0.6) is 0 Å². The third-order valence-corrected chi connectivity index (χ3v) is 11.5. The Labute approximate surface area is 303 Å². The third kappa shape index (κ3) is 4.63. The Morgan fingerprint density at radius 1 is 0.519 bits per heavy atom. The largest absolute Gasteiger partial charge is 0.455 e. The molecule has 244 valence electrons. The molecular weight excluding hydrogens is 655 g/mol. The average molecular weight is 684 g/mol. The summed E-state index contributed by atoms with van der Waals surface area (Å²) in [7, 11) is 0. The molecule has 3 heterocycles. The van der Waals surface area contributed by atoms with Crippen LogP contribution in [0.1, 0.15) is 18.4 Å². The summed E-state index contributed by atoms with van der Waals surface area (Å²) in [6.45, 7) is 0. The summed E-state index contributed by atoms with van der Waals surface area (Å²) in [5.41, 5.74) is 7.10. The molecule has 1 aliphatic carbocycles. The molecule has 0 radical (unpaired) electrons. The van der Waals surface area contributed by atoms with E-state index in [2.05, 4.69) is 140 Å². The summed E-state index contributed by atoms with van der Waals surface area (Å²) in [6.07, 6.45) is 8.69. The molecule has 0 amide bonds. The van der Waals surface area contributed by atoms with Crippen molar-refractivity contribution in [3.63, 3.8) is 0 Å². The Morgan fingerprint density at radius 2 is 1.29 bits per heavy atom. The Hall–Kier alpha value is -6.43. The maximum atomic E-state index is 6.60. The van der Waals surface area contributed by atoms with Crippen molar-refractivity contribution < 1.29 is 4.42 Å². The van der Waals surface area contributed by atoms with Crippen molar-refractivity contribution in [3.8, 4) is 34.2 Å². The zero-order valence-electron chi connectivity index (χ0n) is 28.0. The highest BCUT2D eigenvalue weighted by molar-refractivity contribution is 7.26. The highest BCUT2D eigenvalue weighted by Gasteiger charge is 2.22. The van der Waals surface area contributed by atoms with Crippen LogP contribution in [0, 0.1) is 0 Å². The predicted molar refractivity (Wildman–Crippen MR) is 218 cm³/mol. The molecule has 0 atom stereocenters. The number of rotatable bonds is 4. The first-order chi connectivity index (χ1) is 25.7. The van der Waals surface area contributed by atoms with E-state index in [0.717, 1.165) is 67.6 Å². The lowest BCUT2D eigenvalue weighted by atomic mass is 9.94. The second-order valence-corrected chi connectivity index (χ2v) is 14.5. The topological polar surface area (TPSA) is 51.8 Å². The predicted octanol–water partition coefficient (Wildman–Crippen LogP) is 13.2. The van der Waals surface area contributed by atoms with Crippen molar-refractivity contribution in [1.82, 2.24) is 15.0 Å². The minimum Gasteiger partial charge on any atom is -0.455 e. The highest BCUT2D eigenvalue weighted by Crippen LogP contribution is 2.44. The molecule has 0 fully saturated rings. The number of aromatic nitrogens is 3. The molecule has 7 aromatic carbocycles. The van der Waals surface area contributed by atoms with Crippen molar-refractivity contribution in [2.24, 2.45) is 0 Å². The standard InChI is InChI=1S/C47H29N3OS/c1-2-11-28(12-3-1)33-26-38(43-35-17-8-9-20-40(35)52-41(43)27-33)47-49-45(32-22-21-29-13-4-5-15-31(29)25-32)48-46(50-47)37-18-10-19-39-42(37)36-24-23-30-14-6-7-16-34(30)44(36)51-39/h1-2,4-11,13-27H,3,12H2. The fourth-order valence-electron chi connectivity index (χ4n) is 7.87. The van der Waals surface area contributed by atoms with Crippen molar-refractivity contribution in [3.05, 3.63) is 157 Å². The van der Waals surface area contributed by atoms with Gasteiger partial charge in [0.05, 0.1) is 0 Å². The fourth-order valence-corrected chi connectivity index (χ4v) is 9.05. The van der Waals surface area contributed by atoms with Gasteiger partial charge in [0.25, 0.3) is 0 Å². The van der Waals surface area contributed by atoms with E-state index in [-0.39, 0.29) is 0 Å². The molecule has 0 saturated heterocycles. The Kier molecular flexibility index (Phi) is 6.51. The number of hydrogen-bond donors (Lipinski definition) is 0. The molecule has 0 bridgehead atoms. The minimum atomic E-state index is 0.618. The number of furan rings is 1. The molecule has 11 rings (SSSR count). The lowest BCUT2D eigenvalue weighted by Crippen LogP contribution is -2.01. The molecule has 0 unspecified atom stereocenters. The number of hydrogen-bond acceptors (Lipinski definition) is 5. The molecule has 10 aromatic rings. The van der Waals surface area contributed by atoms with Crippen LogP contribution in [0.15, 0.2) is 156 Å². The van der Waals surface area contributed by atoms with Gasteiger partial charge in [-0.3, -0.25) is 0 Å². The molecule has 0 saturated carbocycles. The van der Waals surface area contributed by atoms with Crippen LogP contribution < -0.4 is 0 Å². The molecule has 52 heavy (non-hydrogen) atoms. The van der Waals surface area contributed by atoms with E-state index in [4.69, 9.17) is 19.4 Å². The number of thiophene rings is 1. The Morgan fingerprint density at radius 3 is 2.17 bits per heavy atom. The maximum absolute atomic E-state index is 6.60. The number of nitrogens with zero attached hydrogens (tertiary/aromatic N) is 3. The van der Waals surface area contributed by atoms with Crippen molar-refractivity contribution >= 4 is 80.6 Å². The molecular formula is C47H29N3OS. The van der Waals surface area contributed by atoms with Crippen LogP contribution in [-0.4, -0.2) is 15.0 Å². The van der Waals surface area contributed by atoms with Gasteiger partial charge >= 0.3 is 0 Å². The first-order valence-corrected chi connectivity index (χ1v) is 18.5. The average Bonchev–Trinajstić information content (AvgIpc) is 3.79. The second kappa shape index (κ2) is 11.6. The van der Waals surface area contributed by atoms with Gasteiger partial charge in [-0.1, -0.05) is 115 Å². The molecule has 0 aliphatic heterocycles. The van der Waals surface area contributed by atoms with Crippen LogP contribution in [0.2, 0.25) is 0 Å². The summed E-state index contributed by atoms with van der Waals surface area (Å²) in [4.78, 5) is 16.0. The molecule has 0 N–H and O–H groups in total. The molecule has 4 nitrogen and oxygen atoms in total. The highest BCUT2D eigenvalue weighted by atomic mass is 32.1. The van der Waals surface area contributed by atoms with E-state index >= 15 is 0 Å². The lowest BCUT2D eigenvalue weighted by molar-refractivity contribution is 0.672. The molecule has 3 aromatic heterocycles. The first-order valence-electron chi connectivity index (χ1n) is 17.7. The maximum Gasteiger partial charge on any atom is 0.164 e. The van der Waals surface area contributed by atoms with Gasteiger partial charge in [0.2, 0.25) is 0 Å². The van der Waals surface area contributed by atoms with Crippen LogP contribution >= 0.6 is 11.3 Å². The summed E-state index contributed by atoms with van der Waals surface area (Å²) in [5, 5.41) is 8.99. The summed E-state index contributed by atoms with van der Waals surface area (Å²) in [6, 6.07) is 47.1. The van der Waals surface area contributed by atoms with Gasteiger partial charge in [-0.2, -0.15) is 0 Å². The lowest BCUT2D eigenvalue weighted by Gasteiger charge is -2.14. The van der Waals surface area contributed by atoms with E-state index in [1.54, 1.807) is 0 Å². The number of allylic oxidation sites excluding steroid dienone is 4. The monoisotopic (exact) mass is 683 g/mol. The smallest absolute Gasteiger partial charge is 0.164 e. The summed E-state index contributed by atoms with van der Waals surface area (Å²) < 4.78 is 9.08. The van der Waals surface area contributed by atoms with Gasteiger partial charge in [-0.15, -0.1) is 11.3 Å². The van der Waals surface area contributed by atoms with Crippen molar-refractivity contribution in [2.75, 3.05) is 0 Å². The molecule has 5 heteroatoms. The number of fused-ring (bicyclic) bond motifs is 9. The van der Waals surface area contributed by atoms with Gasteiger partial charge in [0.1, 0.15) is 11.2 Å². The number of benzene rings is 7. The van der Waals surface area contributed by atoms with E-state index in [9.17, 15) is 0 Å². The van der Waals surface area contributed by atoms with Crippen LogP contribution in [0.4, 0.5) is 0 Å². The van der Waals surface area contributed by atoms with E-state index in [0.29, 0.717) is 17.5 Å². The normalized spacial score (nSPS) is 13.3. The first kappa shape index (κ1) is 29.3. The minimum absolute atomic E-state index is 0.618. The van der Waals surface area contributed by atoms with Crippen LogP contribution in [0.25, 0.3) is 103 Å². The van der Waals surface area contributed by atoms with Crippen LogP contribution in [0.3, 0.4) is 0 Å². The second-order valence-electron chi connectivity index (χ2n) is 13.5. The molecule has 0 spiro atoms. The zero-order chi connectivity index (χ0) is 34.2. The van der Waals surface area contributed by atoms with Gasteiger partial charge in [-0.05, 0) is 76.5 Å². The van der Waals surface area contributed by atoms with E-state index in [1.807, 2.05) is 23.5 Å². The van der Waals surface area contributed by atoms with E-state index in [1.165, 1.54) is 36.7 Å². The van der Waals surface area contributed by atoms with Crippen molar-refractivity contribution in [1.29, 1.82) is 0 Å².